The van der Waals surface area contributed by atoms with E-state index in [0.29, 0.717) is 6.54 Å². The van der Waals surface area contributed by atoms with E-state index < -0.39 is 5.97 Å². The minimum atomic E-state index is -0.715. The quantitative estimate of drug-likeness (QED) is 0.793. The molecule has 1 saturated heterocycles. The van der Waals surface area contributed by atoms with Gasteiger partial charge in [-0.25, -0.2) is 4.98 Å². The molecule has 5 heteroatoms. The normalized spacial score (nSPS) is 17.6. The summed E-state index contributed by atoms with van der Waals surface area (Å²) in [4.78, 5) is 22.1. The van der Waals surface area contributed by atoms with Gasteiger partial charge < -0.3 is 10.0 Å². The first-order valence-corrected chi connectivity index (χ1v) is 8.50. The van der Waals surface area contributed by atoms with Crippen LogP contribution >= 0.6 is 0 Å². The lowest BCUT2D eigenvalue weighted by atomic mass is 9.98. The number of carbonyl (C=O) groups is 1. The van der Waals surface area contributed by atoms with Crippen molar-refractivity contribution in [1.29, 1.82) is 0 Å². The van der Waals surface area contributed by atoms with Crippen LogP contribution in [0.4, 0.5) is 5.82 Å². The Morgan fingerprint density at radius 3 is 2.72 bits per heavy atom. The molecule has 0 saturated carbocycles. The molecule has 1 fully saturated rings. The number of aliphatic carboxylic acids is 1. The molecule has 0 bridgehead atoms. The maximum absolute atomic E-state index is 11.3. The van der Waals surface area contributed by atoms with E-state index in [0.717, 1.165) is 47.2 Å². The molecule has 3 aromatic rings. The predicted molar refractivity (Wildman–Crippen MR) is 97.5 cm³/mol. The first kappa shape index (κ1) is 15.6. The third-order valence-electron chi connectivity index (χ3n) is 4.78. The Balaban J connectivity index is 1.64. The van der Waals surface area contributed by atoms with Crippen LogP contribution in [0, 0.1) is 5.92 Å². The fourth-order valence-electron chi connectivity index (χ4n) is 3.40. The zero-order valence-corrected chi connectivity index (χ0v) is 13.8. The summed E-state index contributed by atoms with van der Waals surface area (Å²) < 4.78 is 0. The van der Waals surface area contributed by atoms with E-state index in [9.17, 15) is 9.90 Å². The number of hydrogen-bond donors (Lipinski definition) is 1. The molecular formula is C20H19N3O2. The Hall–Kier alpha value is -2.95. The summed E-state index contributed by atoms with van der Waals surface area (Å²) in [7, 11) is 0. The van der Waals surface area contributed by atoms with Crippen molar-refractivity contribution in [2.24, 2.45) is 5.92 Å². The molecule has 25 heavy (non-hydrogen) atoms. The summed E-state index contributed by atoms with van der Waals surface area (Å²) in [6.07, 6.45) is 5.21. The average molecular weight is 333 g/mol. The van der Waals surface area contributed by atoms with Crippen LogP contribution in [-0.4, -0.2) is 34.1 Å². The van der Waals surface area contributed by atoms with Crippen molar-refractivity contribution in [2.75, 3.05) is 18.0 Å². The molecule has 1 aliphatic rings. The standard InChI is InChI=1S/C20H19N3O2/c24-20(25)17-2-1-11-23(13-17)19-6-4-16-12-15(3-5-18(16)22-19)14-7-9-21-10-8-14/h3-10,12,17H,1-2,11,13H2,(H,24,25). The summed E-state index contributed by atoms with van der Waals surface area (Å²) in [6.45, 7) is 1.39. The summed E-state index contributed by atoms with van der Waals surface area (Å²) >= 11 is 0. The molecule has 4 rings (SSSR count). The third-order valence-corrected chi connectivity index (χ3v) is 4.78. The molecule has 0 amide bonds. The van der Waals surface area contributed by atoms with E-state index in [4.69, 9.17) is 4.98 Å². The van der Waals surface area contributed by atoms with E-state index in [1.165, 1.54) is 0 Å². The molecule has 1 N–H and O–H groups in total. The zero-order valence-electron chi connectivity index (χ0n) is 13.8. The highest BCUT2D eigenvalue weighted by Gasteiger charge is 2.26. The van der Waals surface area contributed by atoms with Crippen LogP contribution < -0.4 is 4.90 Å². The lowest BCUT2D eigenvalue weighted by Crippen LogP contribution is -2.39. The minimum absolute atomic E-state index is 0.305. The van der Waals surface area contributed by atoms with E-state index in [-0.39, 0.29) is 5.92 Å². The van der Waals surface area contributed by atoms with Crippen LogP contribution in [0.2, 0.25) is 0 Å². The molecule has 5 nitrogen and oxygen atoms in total. The van der Waals surface area contributed by atoms with Gasteiger partial charge in [-0.1, -0.05) is 6.07 Å². The second kappa shape index (κ2) is 6.51. The third kappa shape index (κ3) is 3.18. The van der Waals surface area contributed by atoms with Crippen molar-refractivity contribution in [3.8, 4) is 11.1 Å². The number of fused-ring (bicyclic) bond motifs is 1. The Kier molecular flexibility index (Phi) is 4.06. The smallest absolute Gasteiger partial charge is 0.308 e. The molecular weight excluding hydrogens is 314 g/mol. The first-order valence-electron chi connectivity index (χ1n) is 8.50. The Morgan fingerprint density at radius 1 is 1.08 bits per heavy atom. The van der Waals surface area contributed by atoms with Gasteiger partial charge in [0.25, 0.3) is 0 Å². The number of carboxylic acid groups (broad SMARTS) is 1. The van der Waals surface area contributed by atoms with E-state index in [1.54, 1.807) is 12.4 Å². The molecule has 0 radical (unpaired) electrons. The number of carboxylic acids is 1. The molecule has 0 spiro atoms. The first-order chi connectivity index (χ1) is 12.2. The zero-order chi connectivity index (χ0) is 17.2. The van der Waals surface area contributed by atoms with E-state index in [2.05, 4.69) is 28.1 Å². The molecule has 0 aliphatic carbocycles. The van der Waals surface area contributed by atoms with E-state index >= 15 is 0 Å². The van der Waals surface area contributed by atoms with Crippen molar-refractivity contribution >= 4 is 22.7 Å². The van der Waals surface area contributed by atoms with Crippen molar-refractivity contribution in [2.45, 2.75) is 12.8 Å². The summed E-state index contributed by atoms with van der Waals surface area (Å²) in [5.74, 6) is -0.164. The van der Waals surface area contributed by atoms with Gasteiger partial charge in [0.2, 0.25) is 0 Å². The summed E-state index contributed by atoms with van der Waals surface area (Å²) in [5.41, 5.74) is 3.18. The highest BCUT2D eigenvalue weighted by atomic mass is 16.4. The van der Waals surface area contributed by atoms with Crippen LogP contribution in [0.25, 0.3) is 22.0 Å². The van der Waals surface area contributed by atoms with Crippen LogP contribution in [-0.2, 0) is 4.79 Å². The van der Waals surface area contributed by atoms with Crippen LogP contribution in [0.3, 0.4) is 0 Å². The fraction of sp³-hybridized carbons (Fsp3) is 0.250. The highest BCUT2D eigenvalue weighted by molar-refractivity contribution is 5.85. The molecule has 1 aliphatic heterocycles. The lowest BCUT2D eigenvalue weighted by Gasteiger charge is -2.31. The fourth-order valence-corrected chi connectivity index (χ4v) is 3.40. The number of piperidine rings is 1. The second-order valence-electron chi connectivity index (χ2n) is 6.44. The number of hydrogen-bond acceptors (Lipinski definition) is 4. The molecule has 2 aromatic heterocycles. The molecule has 1 atom stereocenters. The largest absolute Gasteiger partial charge is 0.481 e. The van der Waals surface area contributed by atoms with Gasteiger partial charge in [-0.2, -0.15) is 0 Å². The monoisotopic (exact) mass is 333 g/mol. The van der Waals surface area contributed by atoms with Gasteiger partial charge in [-0.3, -0.25) is 9.78 Å². The predicted octanol–water partition coefficient (Wildman–Crippen LogP) is 3.60. The van der Waals surface area contributed by atoms with Crippen molar-refractivity contribution < 1.29 is 9.90 Å². The Labute approximate surface area is 146 Å². The Morgan fingerprint density at radius 2 is 1.92 bits per heavy atom. The minimum Gasteiger partial charge on any atom is -0.481 e. The number of rotatable bonds is 3. The second-order valence-corrected chi connectivity index (χ2v) is 6.44. The number of benzene rings is 1. The lowest BCUT2D eigenvalue weighted by molar-refractivity contribution is -0.141. The summed E-state index contributed by atoms with van der Waals surface area (Å²) in [5, 5.41) is 10.3. The van der Waals surface area contributed by atoms with Crippen molar-refractivity contribution in [3.63, 3.8) is 0 Å². The average Bonchev–Trinajstić information content (AvgIpc) is 2.68. The topological polar surface area (TPSA) is 66.3 Å². The number of aromatic nitrogens is 2. The van der Waals surface area contributed by atoms with Crippen LogP contribution in [0.5, 0.6) is 0 Å². The SMILES string of the molecule is O=C(O)C1CCCN(c2ccc3cc(-c4ccncc4)ccc3n2)C1. The highest BCUT2D eigenvalue weighted by Crippen LogP contribution is 2.27. The van der Waals surface area contributed by atoms with Gasteiger partial charge >= 0.3 is 5.97 Å². The molecule has 1 aromatic carbocycles. The summed E-state index contributed by atoms with van der Waals surface area (Å²) in [6, 6.07) is 14.2. The van der Waals surface area contributed by atoms with Gasteiger partial charge in [0.15, 0.2) is 0 Å². The maximum Gasteiger partial charge on any atom is 0.308 e. The molecule has 1 unspecified atom stereocenters. The molecule has 126 valence electrons. The van der Waals surface area contributed by atoms with Gasteiger partial charge in [0.05, 0.1) is 11.4 Å². The van der Waals surface area contributed by atoms with Crippen LogP contribution in [0.15, 0.2) is 54.9 Å². The number of pyridine rings is 2. The maximum atomic E-state index is 11.3. The van der Waals surface area contributed by atoms with Crippen molar-refractivity contribution in [3.05, 3.63) is 54.9 Å². The van der Waals surface area contributed by atoms with Gasteiger partial charge in [0, 0.05) is 30.9 Å². The van der Waals surface area contributed by atoms with Crippen molar-refractivity contribution in [1.82, 2.24) is 9.97 Å². The van der Waals surface area contributed by atoms with Gasteiger partial charge in [-0.15, -0.1) is 0 Å². The van der Waals surface area contributed by atoms with Gasteiger partial charge in [0.1, 0.15) is 5.82 Å². The van der Waals surface area contributed by atoms with Gasteiger partial charge in [-0.05, 0) is 60.4 Å². The number of nitrogens with zero attached hydrogens (tertiary/aromatic N) is 3. The Bertz CT molecular complexity index is 911. The van der Waals surface area contributed by atoms with E-state index in [1.807, 2.05) is 24.3 Å². The number of anilines is 1. The molecule has 3 heterocycles. The van der Waals surface area contributed by atoms with Crippen LogP contribution in [0.1, 0.15) is 12.8 Å².